The highest BCUT2D eigenvalue weighted by Gasteiger charge is 2.36. The Labute approximate surface area is 164 Å². The molecule has 1 aromatic carbocycles. The summed E-state index contributed by atoms with van der Waals surface area (Å²) in [6.07, 6.45) is 5.05. The van der Waals surface area contributed by atoms with Crippen molar-refractivity contribution in [3.8, 4) is 5.75 Å². The number of carbonyl (C=O) groups excluding carboxylic acids is 2. The Balaban J connectivity index is 1.84. The number of fused-ring (bicyclic) bond motifs is 1. The zero-order valence-electron chi connectivity index (χ0n) is 16.6. The molecule has 28 heavy (non-hydrogen) atoms. The Bertz CT molecular complexity index is 919. The van der Waals surface area contributed by atoms with Gasteiger partial charge in [0.25, 0.3) is 5.91 Å². The first-order valence-corrected chi connectivity index (χ1v) is 9.20. The molecule has 2 aromatic rings. The van der Waals surface area contributed by atoms with Crippen molar-refractivity contribution in [3.05, 3.63) is 59.9 Å². The average Bonchev–Trinajstić information content (AvgIpc) is 2.67. The van der Waals surface area contributed by atoms with Gasteiger partial charge in [0, 0.05) is 18.0 Å². The van der Waals surface area contributed by atoms with Crippen molar-refractivity contribution < 1.29 is 19.1 Å². The number of allylic oxidation sites excluding steroid dienone is 1. The summed E-state index contributed by atoms with van der Waals surface area (Å²) in [4.78, 5) is 30.7. The molecule has 0 spiro atoms. The molecule has 1 aromatic heterocycles. The lowest BCUT2D eigenvalue weighted by molar-refractivity contribution is -0.122. The van der Waals surface area contributed by atoms with Crippen LogP contribution < -0.4 is 9.64 Å². The summed E-state index contributed by atoms with van der Waals surface area (Å²) in [5.74, 6) is -0.0870. The molecule has 6 nitrogen and oxygen atoms in total. The molecule has 0 N–H and O–H groups in total. The molecule has 0 aliphatic carbocycles. The van der Waals surface area contributed by atoms with Gasteiger partial charge in [-0.25, -0.2) is 4.79 Å². The van der Waals surface area contributed by atoms with E-state index in [0.29, 0.717) is 12.2 Å². The van der Waals surface area contributed by atoms with Gasteiger partial charge in [-0.05, 0) is 63.6 Å². The molecule has 6 heteroatoms. The maximum Gasteiger partial charge on any atom is 0.338 e. The lowest BCUT2D eigenvalue weighted by Crippen LogP contribution is -2.50. The Kier molecular flexibility index (Phi) is 5.49. The van der Waals surface area contributed by atoms with Crippen LogP contribution in [0.4, 0.5) is 5.69 Å². The molecule has 0 bridgehead atoms. The van der Waals surface area contributed by atoms with Gasteiger partial charge in [-0.2, -0.15) is 0 Å². The van der Waals surface area contributed by atoms with Crippen molar-refractivity contribution in [2.24, 2.45) is 0 Å². The number of amides is 1. The zero-order valence-corrected chi connectivity index (χ0v) is 16.6. The van der Waals surface area contributed by atoms with Gasteiger partial charge in [0.2, 0.25) is 0 Å². The quantitative estimate of drug-likeness (QED) is 0.737. The number of aromatic nitrogens is 1. The van der Waals surface area contributed by atoms with Crippen molar-refractivity contribution in [2.45, 2.75) is 33.2 Å². The van der Waals surface area contributed by atoms with E-state index in [4.69, 9.17) is 9.47 Å². The predicted octanol–water partition coefficient (Wildman–Crippen LogP) is 3.87. The SMILES string of the molecule is CCOc1ccc2c(c1)C(C)=CC(C)(C)N2C(=O)COC(=O)c1ccncc1. The average molecular weight is 380 g/mol. The molecule has 146 valence electrons. The Morgan fingerprint density at radius 1 is 1.14 bits per heavy atom. The number of esters is 1. The molecule has 1 aliphatic heterocycles. The fourth-order valence-corrected chi connectivity index (χ4v) is 3.48. The standard InChI is InChI=1S/C22H24N2O4/c1-5-27-17-6-7-19-18(12-17)15(2)13-22(3,4)24(19)20(25)14-28-21(26)16-8-10-23-11-9-16/h6-13H,5,14H2,1-4H3. The van der Waals surface area contributed by atoms with Crippen molar-refractivity contribution in [1.82, 2.24) is 4.98 Å². The lowest BCUT2D eigenvalue weighted by Gasteiger charge is -2.41. The predicted molar refractivity (Wildman–Crippen MR) is 107 cm³/mol. The summed E-state index contributed by atoms with van der Waals surface area (Å²) in [7, 11) is 0. The number of rotatable bonds is 5. The molecule has 0 fully saturated rings. The van der Waals surface area contributed by atoms with E-state index in [0.717, 1.165) is 22.6 Å². The first-order chi connectivity index (χ1) is 13.3. The van der Waals surface area contributed by atoms with Gasteiger partial charge >= 0.3 is 5.97 Å². The number of benzene rings is 1. The van der Waals surface area contributed by atoms with Crippen molar-refractivity contribution in [2.75, 3.05) is 18.1 Å². The minimum absolute atomic E-state index is 0.290. The molecule has 1 amide bonds. The van der Waals surface area contributed by atoms with Crippen LogP contribution in [0, 0.1) is 0 Å². The largest absolute Gasteiger partial charge is 0.494 e. The molecule has 0 atom stereocenters. The molecule has 0 radical (unpaired) electrons. The van der Waals surface area contributed by atoms with Gasteiger partial charge in [0.15, 0.2) is 6.61 Å². The molecule has 3 rings (SSSR count). The van der Waals surface area contributed by atoms with Crippen LogP contribution in [0.3, 0.4) is 0 Å². The molecule has 0 saturated heterocycles. The number of hydrogen-bond acceptors (Lipinski definition) is 5. The number of pyridine rings is 1. The number of hydrogen-bond donors (Lipinski definition) is 0. The van der Waals surface area contributed by atoms with Crippen LogP contribution in [0.25, 0.3) is 5.57 Å². The zero-order chi connectivity index (χ0) is 20.3. The normalized spacial score (nSPS) is 14.7. The molecule has 2 heterocycles. The number of carbonyl (C=O) groups is 2. The number of ether oxygens (including phenoxy) is 2. The lowest BCUT2D eigenvalue weighted by atomic mass is 9.88. The second-order valence-electron chi connectivity index (χ2n) is 7.13. The molecule has 0 unspecified atom stereocenters. The fraction of sp³-hybridized carbons (Fsp3) is 0.318. The Morgan fingerprint density at radius 2 is 1.86 bits per heavy atom. The second kappa shape index (κ2) is 7.84. The van der Waals surface area contributed by atoms with Crippen LogP contribution in [-0.2, 0) is 9.53 Å². The number of nitrogens with zero attached hydrogens (tertiary/aromatic N) is 2. The van der Waals surface area contributed by atoms with Crippen molar-refractivity contribution in [3.63, 3.8) is 0 Å². The second-order valence-corrected chi connectivity index (χ2v) is 7.13. The third-order valence-electron chi connectivity index (χ3n) is 4.58. The molecule has 0 saturated carbocycles. The third kappa shape index (κ3) is 3.91. The van der Waals surface area contributed by atoms with Crippen LogP contribution in [0.2, 0.25) is 0 Å². The highest BCUT2D eigenvalue weighted by Crippen LogP contribution is 2.40. The minimum Gasteiger partial charge on any atom is -0.494 e. The summed E-state index contributed by atoms with van der Waals surface area (Å²) >= 11 is 0. The van der Waals surface area contributed by atoms with E-state index < -0.39 is 11.5 Å². The van der Waals surface area contributed by atoms with E-state index in [1.165, 1.54) is 12.4 Å². The fourth-order valence-electron chi connectivity index (χ4n) is 3.48. The smallest absolute Gasteiger partial charge is 0.338 e. The minimum atomic E-state index is -0.552. The van der Waals surface area contributed by atoms with Crippen molar-refractivity contribution in [1.29, 1.82) is 0 Å². The van der Waals surface area contributed by atoms with Gasteiger partial charge in [0.1, 0.15) is 5.75 Å². The third-order valence-corrected chi connectivity index (χ3v) is 4.58. The Morgan fingerprint density at radius 3 is 2.54 bits per heavy atom. The van der Waals surface area contributed by atoms with Crippen LogP contribution >= 0.6 is 0 Å². The van der Waals surface area contributed by atoms with E-state index in [1.807, 2.05) is 52.0 Å². The van der Waals surface area contributed by atoms with Crippen LogP contribution in [0.5, 0.6) is 5.75 Å². The van der Waals surface area contributed by atoms with Gasteiger partial charge in [-0.1, -0.05) is 6.08 Å². The van der Waals surface area contributed by atoms with Gasteiger partial charge in [-0.3, -0.25) is 14.7 Å². The maximum absolute atomic E-state index is 13.0. The number of anilines is 1. The molecular formula is C22H24N2O4. The van der Waals surface area contributed by atoms with Gasteiger partial charge in [-0.15, -0.1) is 0 Å². The van der Waals surface area contributed by atoms with E-state index in [-0.39, 0.29) is 12.5 Å². The summed E-state index contributed by atoms with van der Waals surface area (Å²) in [5.41, 5.74) is 2.58. The summed E-state index contributed by atoms with van der Waals surface area (Å²) in [6.45, 7) is 8.08. The van der Waals surface area contributed by atoms with E-state index >= 15 is 0 Å². The van der Waals surface area contributed by atoms with Gasteiger partial charge in [0.05, 0.1) is 23.4 Å². The van der Waals surface area contributed by atoms with Crippen LogP contribution in [0.1, 0.15) is 43.6 Å². The van der Waals surface area contributed by atoms with E-state index in [9.17, 15) is 9.59 Å². The first kappa shape index (κ1) is 19.6. The van der Waals surface area contributed by atoms with Crippen molar-refractivity contribution >= 4 is 23.1 Å². The highest BCUT2D eigenvalue weighted by molar-refractivity contribution is 6.02. The van der Waals surface area contributed by atoms with E-state index in [1.54, 1.807) is 17.0 Å². The molecule has 1 aliphatic rings. The van der Waals surface area contributed by atoms with E-state index in [2.05, 4.69) is 4.98 Å². The highest BCUT2D eigenvalue weighted by atomic mass is 16.5. The molecular weight excluding hydrogens is 356 g/mol. The summed E-state index contributed by atoms with van der Waals surface area (Å²) < 4.78 is 10.8. The Hall–Kier alpha value is -3.15. The summed E-state index contributed by atoms with van der Waals surface area (Å²) in [5, 5.41) is 0. The first-order valence-electron chi connectivity index (χ1n) is 9.20. The monoisotopic (exact) mass is 380 g/mol. The summed E-state index contributed by atoms with van der Waals surface area (Å²) in [6, 6.07) is 8.76. The topological polar surface area (TPSA) is 68.7 Å². The van der Waals surface area contributed by atoms with Gasteiger partial charge < -0.3 is 9.47 Å². The maximum atomic E-state index is 13.0. The van der Waals surface area contributed by atoms with Crippen LogP contribution in [0.15, 0.2) is 48.8 Å². The van der Waals surface area contributed by atoms with Crippen LogP contribution in [-0.4, -0.2) is 35.6 Å².